The van der Waals surface area contributed by atoms with Crippen LogP contribution in [0.1, 0.15) is 37.7 Å². The fraction of sp³-hybridized carbons (Fsp3) is 0.571. The molecule has 2 rings (SSSR count). The Morgan fingerprint density at radius 2 is 2.00 bits per heavy atom. The Morgan fingerprint density at radius 3 is 2.76 bits per heavy atom. The number of rotatable bonds is 2. The molecule has 1 aliphatic carbocycles. The summed E-state index contributed by atoms with van der Waals surface area (Å²) in [7, 11) is 0. The van der Waals surface area contributed by atoms with Gasteiger partial charge in [0.2, 0.25) is 0 Å². The van der Waals surface area contributed by atoms with E-state index in [2.05, 4.69) is 0 Å². The van der Waals surface area contributed by atoms with E-state index in [0.717, 1.165) is 31.2 Å². The summed E-state index contributed by atoms with van der Waals surface area (Å²) in [6.45, 7) is 0. The van der Waals surface area contributed by atoms with Gasteiger partial charge < -0.3 is 5.11 Å². The van der Waals surface area contributed by atoms with Crippen molar-refractivity contribution in [2.45, 2.75) is 44.6 Å². The molecule has 2 unspecified atom stereocenters. The summed E-state index contributed by atoms with van der Waals surface area (Å²) in [6, 6.07) is 4.51. The summed E-state index contributed by atoms with van der Waals surface area (Å²) in [5, 5.41) is 10.5. The Kier molecular flexibility index (Phi) is 4.41. The van der Waals surface area contributed by atoms with E-state index < -0.39 is 0 Å². The van der Waals surface area contributed by atoms with Crippen molar-refractivity contribution >= 4 is 11.6 Å². The lowest BCUT2D eigenvalue weighted by Crippen LogP contribution is -2.21. The van der Waals surface area contributed by atoms with Gasteiger partial charge in [0.1, 0.15) is 5.82 Å². The molecule has 1 N–H and O–H groups in total. The van der Waals surface area contributed by atoms with Crippen molar-refractivity contribution in [3.8, 4) is 0 Å². The highest BCUT2D eigenvalue weighted by Gasteiger charge is 2.22. The molecule has 0 bridgehead atoms. The van der Waals surface area contributed by atoms with E-state index in [4.69, 9.17) is 11.6 Å². The first-order valence-electron chi connectivity index (χ1n) is 6.29. The molecular formula is C14H18ClFO. The van der Waals surface area contributed by atoms with Crippen LogP contribution in [-0.2, 0) is 6.42 Å². The standard InChI is InChI=1S/C14H18ClFO/c15-13-9-12(16)7-6-10(13)8-11-4-2-1-3-5-14(11)17/h6-7,9,11,14,17H,1-5,8H2. The Bertz CT molecular complexity index is 380. The van der Waals surface area contributed by atoms with Crippen molar-refractivity contribution in [3.05, 3.63) is 34.6 Å². The molecule has 0 heterocycles. The molecule has 94 valence electrons. The van der Waals surface area contributed by atoms with Crippen LogP contribution >= 0.6 is 11.6 Å². The zero-order valence-electron chi connectivity index (χ0n) is 9.83. The fourth-order valence-electron chi connectivity index (χ4n) is 2.57. The summed E-state index contributed by atoms with van der Waals surface area (Å²) < 4.78 is 12.9. The number of aliphatic hydroxyl groups is 1. The first kappa shape index (κ1) is 12.8. The highest BCUT2D eigenvalue weighted by Crippen LogP contribution is 2.29. The Morgan fingerprint density at radius 1 is 1.24 bits per heavy atom. The average Bonchev–Trinajstić information content (AvgIpc) is 2.48. The largest absolute Gasteiger partial charge is 0.393 e. The second kappa shape index (κ2) is 5.83. The number of hydrogen-bond donors (Lipinski definition) is 1. The van der Waals surface area contributed by atoms with Crippen LogP contribution in [0.4, 0.5) is 4.39 Å². The van der Waals surface area contributed by atoms with Gasteiger partial charge in [0, 0.05) is 5.02 Å². The zero-order valence-corrected chi connectivity index (χ0v) is 10.6. The Labute approximate surface area is 107 Å². The van der Waals surface area contributed by atoms with E-state index in [1.807, 2.05) is 0 Å². The van der Waals surface area contributed by atoms with Gasteiger partial charge in [-0.05, 0) is 42.9 Å². The third-order valence-corrected chi connectivity index (χ3v) is 3.97. The maximum absolute atomic E-state index is 12.9. The van der Waals surface area contributed by atoms with Crippen LogP contribution in [0.3, 0.4) is 0 Å². The van der Waals surface area contributed by atoms with Gasteiger partial charge in [-0.3, -0.25) is 0 Å². The highest BCUT2D eigenvalue weighted by atomic mass is 35.5. The van der Waals surface area contributed by atoms with Gasteiger partial charge in [0.15, 0.2) is 0 Å². The minimum absolute atomic E-state index is 0.237. The van der Waals surface area contributed by atoms with Crippen LogP contribution in [0.2, 0.25) is 5.02 Å². The monoisotopic (exact) mass is 256 g/mol. The second-order valence-corrected chi connectivity index (χ2v) is 5.31. The zero-order chi connectivity index (χ0) is 12.3. The van der Waals surface area contributed by atoms with Gasteiger partial charge in [0.25, 0.3) is 0 Å². The van der Waals surface area contributed by atoms with Crippen molar-refractivity contribution in [1.29, 1.82) is 0 Å². The van der Waals surface area contributed by atoms with Crippen LogP contribution < -0.4 is 0 Å². The molecule has 3 heteroatoms. The molecule has 2 atom stereocenters. The minimum atomic E-state index is -0.305. The molecule has 0 spiro atoms. The summed E-state index contributed by atoms with van der Waals surface area (Å²) in [4.78, 5) is 0. The molecule has 1 aliphatic rings. The van der Waals surface area contributed by atoms with Gasteiger partial charge in [-0.25, -0.2) is 4.39 Å². The quantitative estimate of drug-likeness (QED) is 0.794. The molecule has 0 amide bonds. The maximum atomic E-state index is 12.9. The van der Waals surface area contributed by atoms with Crippen LogP contribution in [0, 0.1) is 11.7 Å². The van der Waals surface area contributed by atoms with E-state index >= 15 is 0 Å². The van der Waals surface area contributed by atoms with Gasteiger partial charge >= 0.3 is 0 Å². The number of aliphatic hydroxyl groups excluding tert-OH is 1. The van der Waals surface area contributed by atoms with Crippen LogP contribution in [0.15, 0.2) is 18.2 Å². The molecule has 17 heavy (non-hydrogen) atoms. The van der Waals surface area contributed by atoms with E-state index in [-0.39, 0.29) is 17.8 Å². The van der Waals surface area contributed by atoms with Gasteiger partial charge in [-0.15, -0.1) is 0 Å². The molecule has 1 aromatic rings. The Hall–Kier alpha value is -0.600. The van der Waals surface area contributed by atoms with Gasteiger partial charge in [-0.1, -0.05) is 36.9 Å². The smallest absolute Gasteiger partial charge is 0.124 e. The fourth-order valence-corrected chi connectivity index (χ4v) is 2.82. The topological polar surface area (TPSA) is 20.2 Å². The van der Waals surface area contributed by atoms with E-state index in [1.165, 1.54) is 25.0 Å². The molecular weight excluding hydrogens is 239 g/mol. The molecule has 0 saturated heterocycles. The number of hydrogen-bond acceptors (Lipinski definition) is 1. The third kappa shape index (κ3) is 3.43. The second-order valence-electron chi connectivity index (χ2n) is 4.91. The maximum Gasteiger partial charge on any atom is 0.124 e. The first-order chi connectivity index (χ1) is 8.16. The Balaban J connectivity index is 2.08. The third-order valence-electron chi connectivity index (χ3n) is 3.62. The molecule has 0 radical (unpaired) electrons. The minimum Gasteiger partial charge on any atom is -0.393 e. The highest BCUT2D eigenvalue weighted by molar-refractivity contribution is 6.31. The normalized spacial score (nSPS) is 25.6. The predicted molar refractivity (Wildman–Crippen MR) is 67.7 cm³/mol. The summed E-state index contributed by atoms with van der Waals surface area (Å²) in [6.07, 6.45) is 5.90. The summed E-state index contributed by atoms with van der Waals surface area (Å²) in [5.74, 6) is -0.0411. The van der Waals surface area contributed by atoms with Crippen molar-refractivity contribution in [1.82, 2.24) is 0 Å². The van der Waals surface area contributed by atoms with Crippen molar-refractivity contribution in [3.63, 3.8) is 0 Å². The lowest BCUT2D eigenvalue weighted by Gasteiger charge is -2.20. The van der Waals surface area contributed by atoms with E-state index in [1.54, 1.807) is 6.07 Å². The average molecular weight is 257 g/mol. The molecule has 1 aromatic carbocycles. The lowest BCUT2D eigenvalue weighted by molar-refractivity contribution is 0.101. The molecule has 0 aliphatic heterocycles. The summed E-state index contributed by atoms with van der Waals surface area (Å²) in [5.41, 5.74) is 0.944. The van der Waals surface area contributed by atoms with Gasteiger partial charge in [0.05, 0.1) is 6.10 Å². The van der Waals surface area contributed by atoms with Crippen LogP contribution in [0.5, 0.6) is 0 Å². The van der Waals surface area contributed by atoms with Crippen LogP contribution in [0.25, 0.3) is 0 Å². The number of halogens is 2. The van der Waals surface area contributed by atoms with E-state index in [9.17, 15) is 9.50 Å². The SMILES string of the molecule is OC1CCCCCC1Cc1ccc(F)cc1Cl. The molecule has 1 saturated carbocycles. The van der Waals surface area contributed by atoms with Crippen molar-refractivity contribution < 1.29 is 9.50 Å². The first-order valence-corrected chi connectivity index (χ1v) is 6.66. The lowest BCUT2D eigenvalue weighted by atomic mass is 9.90. The predicted octanol–water partition coefficient (Wildman–Crippen LogP) is 3.96. The molecule has 1 fully saturated rings. The summed E-state index contributed by atoms with van der Waals surface area (Å²) >= 11 is 6.02. The van der Waals surface area contributed by atoms with Crippen molar-refractivity contribution in [2.75, 3.05) is 0 Å². The molecule has 0 aromatic heterocycles. The van der Waals surface area contributed by atoms with E-state index in [0.29, 0.717) is 5.02 Å². The van der Waals surface area contributed by atoms with Crippen molar-refractivity contribution in [2.24, 2.45) is 5.92 Å². The molecule has 1 nitrogen and oxygen atoms in total. The van der Waals surface area contributed by atoms with Crippen LogP contribution in [-0.4, -0.2) is 11.2 Å². The van der Waals surface area contributed by atoms with Gasteiger partial charge in [-0.2, -0.15) is 0 Å². The number of benzene rings is 1.